The highest BCUT2D eigenvalue weighted by Gasteiger charge is 2.18. The highest BCUT2D eigenvalue weighted by atomic mass is 16.2. The van der Waals surface area contributed by atoms with Gasteiger partial charge in [0.2, 0.25) is 11.8 Å². The summed E-state index contributed by atoms with van der Waals surface area (Å²) in [7, 11) is 7.69. The Morgan fingerprint density at radius 1 is 0.571 bits per heavy atom. The molecule has 3 atom stereocenters. The molecule has 0 spiro atoms. The van der Waals surface area contributed by atoms with E-state index in [9.17, 15) is 14.4 Å². The van der Waals surface area contributed by atoms with Gasteiger partial charge in [0.05, 0.1) is 0 Å². The van der Waals surface area contributed by atoms with Crippen LogP contribution in [0.2, 0.25) is 0 Å². The van der Waals surface area contributed by atoms with Crippen LogP contribution in [-0.2, 0) is 14.4 Å². The molecule has 0 aliphatic rings. The average molecular weight is 499 g/mol. The van der Waals surface area contributed by atoms with E-state index in [-0.39, 0.29) is 35.7 Å². The highest BCUT2D eigenvalue weighted by molar-refractivity contribution is 5.79. The van der Waals surface area contributed by atoms with Gasteiger partial charge in [-0.05, 0) is 93.1 Å². The number of carbonyl (C=O) groups is 3. The van der Waals surface area contributed by atoms with Crippen LogP contribution in [0.3, 0.4) is 0 Å². The first-order valence-electron chi connectivity index (χ1n) is 13.5. The van der Waals surface area contributed by atoms with E-state index < -0.39 is 0 Å². The van der Waals surface area contributed by atoms with E-state index in [2.05, 4.69) is 31.9 Å². The first kappa shape index (κ1) is 33.4. The minimum atomic E-state index is -0.149. The van der Waals surface area contributed by atoms with Crippen molar-refractivity contribution in [2.75, 3.05) is 47.8 Å². The third-order valence-corrected chi connectivity index (χ3v) is 6.34. The standard InChI is InChI=1S/C26H54N6O3/c1-21(33)18-24(32-26(35)20-23(30-5)13-7-10-16-28-3)14-8-11-17-31-25(34)19-22(29-4)12-6-9-15-27-2/h22-24,27-30H,6-20H2,1-5H3,(H,31,34)(H,32,35). The average Bonchev–Trinajstić information content (AvgIpc) is 2.82. The molecule has 6 N–H and O–H groups in total. The van der Waals surface area contributed by atoms with Crippen molar-refractivity contribution < 1.29 is 14.4 Å². The zero-order valence-electron chi connectivity index (χ0n) is 23.1. The Morgan fingerprint density at radius 2 is 1.03 bits per heavy atom. The van der Waals surface area contributed by atoms with Crippen LogP contribution >= 0.6 is 0 Å². The molecule has 3 unspecified atom stereocenters. The Morgan fingerprint density at radius 3 is 1.49 bits per heavy atom. The van der Waals surface area contributed by atoms with E-state index in [4.69, 9.17) is 0 Å². The van der Waals surface area contributed by atoms with Gasteiger partial charge in [0, 0.05) is 43.9 Å². The second-order valence-electron chi connectivity index (χ2n) is 9.59. The number of hydrogen-bond donors (Lipinski definition) is 6. The first-order valence-corrected chi connectivity index (χ1v) is 13.5. The number of hydrogen-bond acceptors (Lipinski definition) is 7. The summed E-state index contributed by atoms with van der Waals surface area (Å²) in [6.07, 6.45) is 9.96. The molecule has 206 valence electrons. The smallest absolute Gasteiger partial charge is 0.221 e. The lowest BCUT2D eigenvalue weighted by Crippen LogP contribution is -2.40. The fourth-order valence-electron chi connectivity index (χ4n) is 4.20. The van der Waals surface area contributed by atoms with Crippen molar-refractivity contribution in [3.8, 4) is 0 Å². The van der Waals surface area contributed by atoms with Gasteiger partial charge in [0.15, 0.2) is 0 Å². The number of amides is 2. The molecule has 0 fully saturated rings. The van der Waals surface area contributed by atoms with E-state index in [0.29, 0.717) is 25.8 Å². The van der Waals surface area contributed by atoms with Gasteiger partial charge in [-0.25, -0.2) is 0 Å². The molecule has 0 saturated heterocycles. The maximum atomic E-state index is 12.6. The van der Waals surface area contributed by atoms with E-state index in [1.165, 1.54) is 0 Å². The molecule has 0 aliphatic carbocycles. The number of carbonyl (C=O) groups excluding carboxylic acids is 3. The third-order valence-electron chi connectivity index (χ3n) is 6.34. The molecular weight excluding hydrogens is 444 g/mol. The predicted molar refractivity (Wildman–Crippen MR) is 145 cm³/mol. The number of ketones is 1. The van der Waals surface area contributed by atoms with Gasteiger partial charge in [0.1, 0.15) is 5.78 Å². The predicted octanol–water partition coefficient (Wildman–Crippen LogP) is 1.47. The zero-order valence-corrected chi connectivity index (χ0v) is 23.1. The van der Waals surface area contributed by atoms with Crippen LogP contribution in [0.5, 0.6) is 0 Å². The number of unbranched alkanes of at least 4 members (excludes halogenated alkanes) is 3. The Labute approximate surface area is 214 Å². The van der Waals surface area contributed by atoms with E-state index in [1.807, 2.05) is 28.2 Å². The van der Waals surface area contributed by atoms with Gasteiger partial charge in [-0.2, -0.15) is 0 Å². The van der Waals surface area contributed by atoms with Crippen molar-refractivity contribution >= 4 is 17.6 Å². The molecule has 0 aromatic rings. The van der Waals surface area contributed by atoms with Gasteiger partial charge in [-0.3, -0.25) is 14.4 Å². The van der Waals surface area contributed by atoms with E-state index in [1.54, 1.807) is 6.92 Å². The molecule has 9 heteroatoms. The normalized spacial score (nSPS) is 13.7. The second kappa shape index (κ2) is 22.9. The van der Waals surface area contributed by atoms with Crippen molar-refractivity contribution in [3.63, 3.8) is 0 Å². The summed E-state index contributed by atoms with van der Waals surface area (Å²) in [6.45, 7) is 4.16. The fraction of sp³-hybridized carbons (Fsp3) is 0.885. The Hall–Kier alpha value is -1.55. The molecule has 35 heavy (non-hydrogen) atoms. The van der Waals surface area contributed by atoms with Crippen molar-refractivity contribution in [1.82, 2.24) is 31.9 Å². The maximum absolute atomic E-state index is 12.6. The minimum Gasteiger partial charge on any atom is -0.356 e. The molecule has 0 aliphatic heterocycles. The van der Waals surface area contributed by atoms with Crippen LogP contribution < -0.4 is 31.9 Å². The van der Waals surface area contributed by atoms with Crippen molar-refractivity contribution in [2.45, 2.75) is 102 Å². The van der Waals surface area contributed by atoms with Crippen LogP contribution in [0.4, 0.5) is 0 Å². The van der Waals surface area contributed by atoms with Gasteiger partial charge < -0.3 is 31.9 Å². The fourth-order valence-corrected chi connectivity index (χ4v) is 4.20. The summed E-state index contributed by atoms with van der Waals surface area (Å²) in [5.41, 5.74) is 0. The second-order valence-corrected chi connectivity index (χ2v) is 9.59. The van der Waals surface area contributed by atoms with Crippen LogP contribution in [0, 0.1) is 0 Å². The lowest BCUT2D eigenvalue weighted by atomic mass is 10.0. The topological polar surface area (TPSA) is 123 Å². The Balaban J connectivity index is 4.27. The molecular formula is C26H54N6O3. The van der Waals surface area contributed by atoms with Gasteiger partial charge >= 0.3 is 0 Å². The largest absolute Gasteiger partial charge is 0.356 e. The summed E-state index contributed by atoms with van der Waals surface area (Å²) in [5, 5.41) is 18.8. The van der Waals surface area contributed by atoms with Crippen LogP contribution in [0.1, 0.15) is 84.0 Å². The molecule has 0 bridgehead atoms. The molecule has 0 saturated carbocycles. The maximum Gasteiger partial charge on any atom is 0.221 e. The third kappa shape index (κ3) is 20.4. The van der Waals surface area contributed by atoms with Crippen LogP contribution in [-0.4, -0.2) is 83.5 Å². The molecule has 0 heterocycles. The van der Waals surface area contributed by atoms with Crippen molar-refractivity contribution in [2.24, 2.45) is 0 Å². The van der Waals surface area contributed by atoms with Gasteiger partial charge in [0.25, 0.3) is 0 Å². The van der Waals surface area contributed by atoms with Gasteiger partial charge in [-0.1, -0.05) is 12.8 Å². The summed E-state index contributed by atoms with van der Waals surface area (Å²) in [6, 6.07) is 0.195. The summed E-state index contributed by atoms with van der Waals surface area (Å²) >= 11 is 0. The first-order chi connectivity index (χ1) is 16.9. The van der Waals surface area contributed by atoms with Crippen LogP contribution in [0.15, 0.2) is 0 Å². The molecule has 0 aromatic heterocycles. The summed E-state index contributed by atoms with van der Waals surface area (Å²) < 4.78 is 0. The molecule has 9 nitrogen and oxygen atoms in total. The van der Waals surface area contributed by atoms with E-state index >= 15 is 0 Å². The molecule has 0 rings (SSSR count). The quantitative estimate of drug-likeness (QED) is 0.111. The Kier molecular flexibility index (Phi) is 21.9. The van der Waals surface area contributed by atoms with Crippen LogP contribution in [0.25, 0.3) is 0 Å². The molecule has 0 radical (unpaired) electrons. The Bertz CT molecular complexity index is 561. The lowest BCUT2D eigenvalue weighted by molar-refractivity contribution is -0.123. The lowest BCUT2D eigenvalue weighted by Gasteiger charge is -2.21. The highest BCUT2D eigenvalue weighted by Crippen LogP contribution is 2.09. The number of nitrogens with one attached hydrogen (secondary N) is 6. The van der Waals surface area contributed by atoms with Gasteiger partial charge in [-0.15, -0.1) is 0 Å². The monoisotopic (exact) mass is 498 g/mol. The SMILES string of the molecule is CNCCCCC(CC(=O)NCCCCC(CC(C)=O)NC(=O)CC(CCCCNC)NC)NC. The van der Waals surface area contributed by atoms with E-state index in [0.717, 1.165) is 70.9 Å². The van der Waals surface area contributed by atoms with Crippen molar-refractivity contribution in [1.29, 1.82) is 0 Å². The summed E-state index contributed by atoms with van der Waals surface area (Å²) in [4.78, 5) is 36.5. The number of rotatable bonds is 24. The molecule has 0 aromatic carbocycles. The zero-order chi connectivity index (χ0) is 26.3. The molecule has 2 amide bonds. The van der Waals surface area contributed by atoms with Crippen molar-refractivity contribution in [3.05, 3.63) is 0 Å². The minimum absolute atomic E-state index is 0.00894. The summed E-state index contributed by atoms with van der Waals surface area (Å²) in [5.74, 6) is 0.137. The number of Topliss-reactive ketones (excluding diaryl/α,β-unsaturated/α-hetero) is 1.